The first kappa shape index (κ1) is 15.7. The van der Waals surface area contributed by atoms with E-state index in [4.69, 9.17) is 0 Å². The van der Waals surface area contributed by atoms with Crippen molar-refractivity contribution in [3.63, 3.8) is 0 Å². The Labute approximate surface area is 140 Å². The molecule has 94 valence electrons. The van der Waals surface area contributed by atoms with Gasteiger partial charge in [-0.3, -0.25) is 0 Å². The van der Waals surface area contributed by atoms with Crippen LogP contribution in [0.3, 0.4) is 0 Å². The average molecular weight is 485 g/mol. The van der Waals surface area contributed by atoms with Gasteiger partial charge in [-0.25, -0.2) is 10.3 Å². The molecule has 0 amide bonds. The molecular weight excluding hydrogens is 473 g/mol. The zero-order chi connectivity index (χ0) is 12.1. The maximum Gasteiger partial charge on any atom is 0.240 e. The summed E-state index contributed by atoms with van der Waals surface area (Å²) in [6, 6.07) is 16.5. The lowest BCUT2D eigenvalue weighted by atomic mass is 10.3. The van der Waals surface area contributed by atoms with Crippen molar-refractivity contribution in [1.82, 2.24) is 0 Å². The Morgan fingerprint density at radius 1 is 0.833 bits per heavy atom. The van der Waals surface area contributed by atoms with Crippen LogP contribution in [0.5, 0.6) is 0 Å². The Hall–Kier alpha value is -0.340. The molecule has 0 aliphatic carbocycles. The van der Waals surface area contributed by atoms with Gasteiger partial charge in [-0.1, -0.05) is 0 Å². The van der Waals surface area contributed by atoms with Crippen molar-refractivity contribution in [2.75, 3.05) is 5.32 Å². The summed E-state index contributed by atoms with van der Waals surface area (Å²) in [5, 5.41) is 3.19. The highest BCUT2D eigenvalue weighted by molar-refractivity contribution is 14.1. The molecule has 2 aromatic carbocycles. The van der Waals surface area contributed by atoms with Gasteiger partial charge in [0.15, 0.2) is 0 Å². The van der Waals surface area contributed by atoms with E-state index in [9.17, 15) is 0 Å². The minimum Gasteiger partial charge on any atom is -1.00 e. The highest BCUT2D eigenvalue weighted by Crippen LogP contribution is 2.09. The first-order valence-electron chi connectivity index (χ1n) is 5.10. The maximum atomic E-state index is 3.19. The van der Waals surface area contributed by atoms with E-state index >= 15 is 0 Å². The standard InChI is InChI=1S/C13H10I2N2.ClH/c14-10-1-5-12(6-2-10)16-9-17-13-7-3-11(15)4-8-13;/h1-9H,(H,16,17);1H. The second-order valence-electron chi connectivity index (χ2n) is 3.45. The van der Waals surface area contributed by atoms with Crippen LogP contribution in [0.25, 0.3) is 0 Å². The van der Waals surface area contributed by atoms with E-state index in [2.05, 4.69) is 79.8 Å². The largest absolute Gasteiger partial charge is 1.00 e. The molecule has 0 saturated heterocycles. The van der Waals surface area contributed by atoms with E-state index in [-0.39, 0.29) is 12.4 Å². The van der Waals surface area contributed by atoms with Crippen LogP contribution in [0.4, 0.5) is 11.4 Å². The van der Waals surface area contributed by atoms with E-state index in [1.165, 1.54) is 7.14 Å². The van der Waals surface area contributed by atoms with Gasteiger partial charge in [-0.05, 0) is 93.7 Å². The molecule has 5 heteroatoms. The van der Waals surface area contributed by atoms with Crippen LogP contribution in [0.1, 0.15) is 0 Å². The van der Waals surface area contributed by atoms with Crippen LogP contribution >= 0.6 is 45.2 Å². The monoisotopic (exact) mass is 484 g/mol. The van der Waals surface area contributed by atoms with Crippen LogP contribution < -0.4 is 22.7 Å². The Bertz CT molecular complexity index is 510. The Balaban J connectivity index is 0.00000162. The zero-order valence-electron chi connectivity index (χ0n) is 9.33. The summed E-state index contributed by atoms with van der Waals surface area (Å²) in [6.07, 6.45) is 1.84. The second kappa shape index (κ2) is 7.96. The summed E-state index contributed by atoms with van der Waals surface area (Å²) in [5.41, 5.74) is 2.15. The van der Waals surface area contributed by atoms with Crippen molar-refractivity contribution >= 4 is 62.9 Å². The fourth-order valence-electron chi connectivity index (χ4n) is 1.29. The number of rotatable bonds is 3. The number of nitrogens with one attached hydrogen (secondary N) is 2. The number of hydrogen-bond acceptors (Lipinski definition) is 0. The lowest BCUT2D eigenvalue weighted by molar-refractivity contribution is -0.347. The van der Waals surface area contributed by atoms with Crippen molar-refractivity contribution in [1.29, 1.82) is 0 Å². The molecule has 2 rings (SSSR count). The third-order valence-corrected chi connectivity index (χ3v) is 3.60. The van der Waals surface area contributed by atoms with Crippen LogP contribution in [-0.4, -0.2) is 6.34 Å². The Morgan fingerprint density at radius 3 is 1.89 bits per heavy atom. The fourth-order valence-corrected chi connectivity index (χ4v) is 2.01. The van der Waals surface area contributed by atoms with Gasteiger partial charge in [-0.2, -0.15) is 0 Å². The van der Waals surface area contributed by atoms with Gasteiger partial charge in [0.05, 0.1) is 0 Å². The van der Waals surface area contributed by atoms with Gasteiger partial charge in [-0.15, -0.1) is 0 Å². The Morgan fingerprint density at radius 2 is 1.33 bits per heavy atom. The third kappa shape index (κ3) is 5.11. The van der Waals surface area contributed by atoms with Crippen molar-refractivity contribution in [3.05, 3.63) is 55.7 Å². The quantitative estimate of drug-likeness (QED) is 0.351. The van der Waals surface area contributed by atoms with Gasteiger partial charge < -0.3 is 12.4 Å². The van der Waals surface area contributed by atoms with E-state index < -0.39 is 0 Å². The Kier molecular flexibility index (Phi) is 6.95. The summed E-state index contributed by atoms with van der Waals surface area (Å²) in [4.78, 5) is 3.19. The van der Waals surface area contributed by atoms with Gasteiger partial charge in [0.25, 0.3) is 0 Å². The normalized spacial score (nSPS) is 10.1. The lowest BCUT2D eigenvalue weighted by Crippen LogP contribution is -3.00. The molecule has 0 radical (unpaired) electrons. The molecule has 0 fully saturated rings. The first-order chi connectivity index (χ1) is 8.24. The number of benzene rings is 2. The maximum absolute atomic E-state index is 3.19. The van der Waals surface area contributed by atoms with Crippen LogP contribution in [0, 0.1) is 7.14 Å². The molecule has 2 aromatic rings. The second-order valence-corrected chi connectivity index (χ2v) is 5.94. The molecule has 0 aromatic heterocycles. The third-order valence-electron chi connectivity index (χ3n) is 2.17. The van der Waals surface area contributed by atoms with Gasteiger partial charge >= 0.3 is 0 Å². The molecule has 2 nitrogen and oxygen atoms in total. The van der Waals surface area contributed by atoms with E-state index in [1.807, 2.05) is 30.6 Å². The van der Waals surface area contributed by atoms with Gasteiger partial charge in [0.1, 0.15) is 11.4 Å². The van der Waals surface area contributed by atoms with Crippen LogP contribution in [0.2, 0.25) is 0 Å². The molecule has 0 aliphatic heterocycles. The minimum absolute atomic E-state index is 0. The molecule has 0 heterocycles. The summed E-state index contributed by atoms with van der Waals surface area (Å²) in [6.45, 7) is 0. The highest BCUT2D eigenvalue weighted by atomic mass is 127. The van der Waals surface area contributed by atoms with E-state index in [0.29, 0.717) is 0 Å². The molecule has 18 heavy (non-hydrogen) atoms. The molecular formula is C13H11ClI2N2. The van der Waals surface area contributed by atoms with Crippen LogP contribution in [0.15, 0.2) is 48.5 Å². The summed E-state index contributed by atoms with van der Waals surface area (Å²) < 4.78 is 2.47. The predicted molar refractivity (Wildman–Crippen MR) is 88.6 cm³/mol. The average Bonchev–Trinajstić information content (AvgIpc) is 2.34. The van der Waals surface area contributed by atoms with Gasteiger partial charge in [0, 0.05) is 7.14 Å². The summed E-state index contributed by atoms with van der Waals surface area (Å²) in [5.74, 6) is 0. The lowest BCUT2D eigenvalue weighted by Gasteiger charge is -1.94. The van der Waals surface area contributed by atoms with E-state index in [0.717, 1.165) is 11.4 Å². The fraction of sp³-hybridized carbons (Fsp3) is 0. The number of hydrogen-bond donors (Lipinski definition) is 2. The zero-order valence-corrected chi connectivity index (χ0v) is 14.4. The molecule has 0 atom stereocenters. The molecule has 2 N–H and O–H groups in total. The van der Waals surface area contributed by atoms with Crippen LogP contribution in [-0.2, 0) is 0 Å². The van der Waals surface area contributed by atoms with Crippen molar-refractivity contribution in [2.45, 2.75) is 0 Å². The minimum atomic E-state index is 0. The predicted octanol–water partition coefficient (Wildman–Crippen LogP) is -0.248. The molecule has 0 aliphatic rings. The molecule has 0 spiro atoms. The molecule has 0 unspecified atom stereocenters. The molecule has 0 bridgehead atoms. The topological polar surface area (TPSA) is 26.0 Å². The van der Waals surface area contributed by atoms with Crippen molar-refractivity contribution < 1.29 is 17.4 Å². The smallest absolute Gasteiger partial charge is 0.240 e. The summed E-state index contributed by atoms with van der Waals surface area (Å²) >= 11 is 4.58. The van der Waals surface area contributed by atoms with E-state index in [1.54, 1.807) is 0 Å². The van der Waals surface area contributed by atoms with Gasteiger partial charge in [0.2, 0.25) is 6.34 Å². The highest BCUT2D eigenvalue weighted by Gasteiger charge is 1.94. The SMILES string of the molecule is Ic1ccc(NC=[NH+]c2ccc(I)cc2)cc1.[Cl-]. The molecule has 0 saturated carbocycles. The van der Waals surface area contributed by atoms with Crippen molar-refractivity contribution in [2.24, 2.45) is 0 Å². The summed E-state index contributed by atoms with van der Waals surface area (Å²) in [7, 11) is 0. The van der Waals surface area contributed by atoms with Crippen molar-refractivity contribution in [3.8, 4) is 0 Å². The first-order valence-corrected chi connectivity index (χ1v) is 7.26. The number of anilines is 1. The number of halogens is 3.